The fourth-order valence-corrected chi connectivity index (χ4v) is 0.504. The van der Waals surface area contributed by atoms with E-state index in [1.165, 1.54) is 0 Å². The van der Waals surface area contributed by atoms with Gasteiger partial charge in [-0.2, -0.15) is 0 Å². The lowest BCUT2D eigenvalue weighted by atomic mass is 10.1. The Morgan fingerprint density at radius 2 is 2.33 bits per heavy atom. The molecule has 0 aromatic heterocycles. The fraction of sp³-hybridized carbons (Fsp3) is 0.333. The summed E-state index contributed by atoms with van der Waals surface area (Å²) < 4.78 is 0. The first-order chi connectivity index (χ1) is 4.31. The molecule has 0 unspecified atom stereocenters. The van der Waals surface area contributed by atoms with Gasteiger partial charge in [0.15, 0.2) is 0 Å². The van der Waals surface area contributed by atoms with Crippen molar-refractivity contribution in [1.82, 2.24) is 0 Å². The zero-order valence-corrected chi connectivity index (χ0v) is 5.98. The molecule has 0 atom stereocenters. The molecule has 9 heavy (non-hydrogen) atoms. The van der Waals surface area contributed by atoms with Gasteiger partial charge in [-0.25, -0.2) is 0 Å². The fourth-order valence-electron chi connectivity index (χ4n) is 0.504. The van der Waals surface area contributed by atoms with Crippen LogP contribution in [0.5, 0.6) is 0 Å². The summed E-state index contributed by atoms with van der Waals surface area (Å²) in [5.41, 5.74) is 1.10. The Hall–Kier alpha value is -0.780. The summed E-state index contributed by atoms with van der Waals surface area (Å²) in [6.45, 7) is 9.28. The third-order valence-electron chi connectivity index (χ3n) is 1.10. The van der Waals surface area contributed by atoms with Crippen LogP contribution in [-0.4, -0.2) is 0 Å². The van der Waals surface area contributed by atoms with E-state index in [1.54, 1.807) is 6.08 Å². The van der Waals surface area contributed by atoms with Gasteiger partial charge >= 0.3 is 0 Å². The largest absolute Gasteiger partial charge is 0.0988 e. The van der Waals surface area contributed by atoms with Crippen LogP contribution in [0.3, 0.4) is 0 Å². The smallest absolute Gasteiger partial charge is 0.0250 e. The average molecular weight is 121 g/mol. The van der Waals surface area contributed by atoms with Crippen molar-refractivity contribution in [2.24, 2.45) is 0 Å². The predicted molar refractivity (Wildman–Crippen MR) is 42.1 cm³/mol. The number of hydrogen-bond acceptors (Lipinski definition) is 0. The van der Waals surface area contributed by atoms with Gasteiger partial charge in [0.05, 0.1) is 0 Å². The van der Waals surface area contributed by atoms with E-state index < -0.39 is 0 Å². The molecule has 0 N–H and O–H groups in total. The molecule has 0 saturated carbocycles. The lowest BCUT2D eigenvalue weighted by Crippen LogP contribution is -1.72. The van der Waals surface area contributed by atoms with E-state index in [9.17, 15) is 0 Å². The second-order valence-corrected chi connectivity index (χ2v) is 1.89. The standard InChI is InChI=1S/C9H13/c1-4-6-7-8-9(3)5-2/h5-6H,2-3,7-8H2,1H3. The molecule has 0 aromatic carbocycles. The van der Waals surface area contributed by atoms with Gasteiger partial charge < -0.3 is 0 Å². The highest BCUT2D eigenvalue weighted by Crippen LogP contribution is 2.02. The third kappa shape index (κ3) is 5.09. The monoisotopic (exact) mass is 121 g/mol. The molecule has 0 bridgehead atoms. The molecule has 1 radical (unpaired) electrons. The van der Waals surface area contributed by atoms with Crippen LogP contribution in [0.15, 0.2) is 30.9 Å². The molecule has 0 amide bonds. The summed E-state index contributed by atoms with van der Waals surface area (Å²) in [7, 11) is 0. The lowest BCUT2D eigenvalue weighted by Gasteiger charge is -1.91. The van der Waals surface area contributed by atoms with Crippen LogP contribution in [-0.2, 0) is 0 Å². The maximum absolute atomic E-state index is 3.78. The van der Waals surface area contributed by atoms with Crippen molar-refractivity contribution >= 4 is 0 Å². The first kappa shape index (κ1) is 8.22. The van der Waals surface area contributed by atoms with Crippen LogP contribution in [0, 0.1) is 6.08 Å². The van der Waals surface area contributed by atoms with Crippen LogP contribution in [0.25, 0.3) is 0 Å². The second kappa shape index (κ2) is 5.36. The zero-order chi connectivity index (χ0) is 7.11. The minimum atomic E-state index is 1.00. The molecule has 0 heteroatoms. The first-order valence-electron chi connectivity index (χ1n) is 3.10. The average Bonchev–Trinajstić information content (AvgIpc) is 1.89. The minimum Gasteiger partial charge on any atom is -0.0988 e. The first-order valence-corrected chi connectivity index (χ1v) is 3.10. The van der Waals surface area contributed by atoms with Crippen LogP contribution in [0.4, 0.5) is 0 Å². The van der Waals surface area contributed by atoms with Crippen LogP contribution in [0.2, 0.25) is 0 Å². The molecular formula is C9H13. The van der Waals surface area contributed by atoms with Crippen LogP contribution >= 0.6 is 0 Å². The summed E-state index contributed by atoms with van der Waals surface area (Å²) in [5, 5.41) is 0. The maximum Gasteiger partial charge on any atom is -0.0250 e. The Morgan fingerprint density at radius 1 is 1.67 bits per heavy atom. The molecule has 49 valence electrons. The van der Waals surface area contributed by atoms with Crippen LogP contribution in [0.1, 0.15) is 19.8 Å². The normalized spacial score (nSPS) is 9.89. The Balaban J connectivity index is 3.27. The van der Waals surface area contributed by atoms with E-state index in [1.807, 2.05) is 13.0 Å². The molecule has 0 heterocycles. The summed E-state index contributed by atoms with van der Waals surface area (Å²) in [4.78, 5) is 0. The molecule has 0 nitrogen and oxygen atoms in total. The molecule has 0 rings (SSSR count). The predicted octanol–water partition coefficient (Wildman–Crippen LogP) is 2.89. The number of allylic oxidation sites excluding steroid dienone is 4. The molecule has 0 saturated heterocycles. The lowest BCUT2D eigenvalue weighted by molar-refractivity contribution is 1.01. The van der Waals surface area contributed by atoms with E-state index in [0.29, 0.717) is 0 Å². The number of hydrogen-bond donors (Lipinski definition) is 0. The molecule has 0 aromatic rings. The van der Waals surface area contributed by atoms with E-state index in [4.69, 9.17) is 0 Å². The van der Waals surface area contributed by atoms with Gasteiger partial charge in [-0.15, -0.1) is 0 Å². The van der Waals surface area contributed by atoms with Gasteiger partial charge in [0.25, 0.3) is 0 Å². The highest BCUT2D eigenvalue weighted by Gasteiger charge is 1.82. The Labute approximate surface area is 57.6 Å². The summed E-state index contributed by atoms with van der Waals surface area (Å²) >= 11 is 0. The zero-order valence-electron chi connectivity index (χ0n) is 5.98. The van der Waals surface area contributed by atoms with Crippen molar-refractivity contribution in [3.05, 3.63) is 37.0 Å². The highest BCUT2D eigenvalue weighted by molar-refractivity contribution is 5.10. The van der Waals surface area contributed by atoms with Gasteiger partial charge in [-0.05, 0) is 19.8 Å². The Bertz CT molecular complexity index is 118. The van der Waals surface area contributed by atoms with E-state index in [2.05, 4.69) is 19.2 Å². The van der Waals surface area contributed by atoms with Gasteiger partial charge in [0.2, 0.25) is 0 Å². The Kier molecular flexibility index (Phi) is 4.89. The molecule has 0 aliphatic heterocycles. The summed E-state index contributed by atoms with van der Waals surface area (Å²) in [6.07, 6.45) is 8.78. The van der Waals surface area contributed by atoms with Crippen molar-refractivity contribution in [3.8, 4) is 0 Å². The van der Waals surface area contributed by atoms with Gasteiger partial charge in [0.1, 0.15) is 0 Å². The Morgan fingerprint density at radius 3 is 2.78 bits per heavy atom. The number of rotatable bonds is 4. The van der Waals surface area contributed by atoms with Crippen molar-refractivity contribution in [1.29, 1.82) is 0 Å². The van der Waals surface area contributed by atoms with E-state index in [-0.39, 0.29) is 0 Å². The molecule has 0 spiro atoms. The van der Waals surface area contributed by atoms with Crippen molar-refractivity contribution < 1.29 is 0 Å². The maximum atomic E-state index is 3.78. The van der Waals surface area contributed by atoms with Gasteiger partial charge in [0, 0.05) is 0 Å². The summed E-state index contributed by atoms with van der Waals surface area (Å²) in [6, 6.07) is 0. The molecule has 0 aliphatic carbocycles. The molecule has 0 aliphatic rings. The van der Waals surface area contributed by atoms with E-state index in [0.717, 1.165) is 18.4 Å². The van der Waals surface area contributed by atoms with Crippen molar-refractivity contribution in [2.45, 2.75) is 19.8 Å². The SMILES string of the molecule is C=CC(=C)CC/C=[C]/C. The van der Waals surface area contributed by atoms with Gasteiger partial charge in [-0.3, -0.25) is 0 Å². The molecule has 0 fully saturated rings. The quantitative estimate of drug-likeness (QED) is 0.502. The van der Waals surface area contributed by atoms with Crippen LogP contribution < -0.4 is 0 Å². The van der Waals surface area contributed by atoms with Crippen molar-refractivity contribution in [2.75, 3.05) is 0 Å². The second-order valence-electron chi connectivity index (χ2n) is 1.89. The molecular weight excluding hydrogens is 108 g/mol. The minimum absolute atomic E-state index is 1.00. The third-order valence-corrected chi connectivity index (χ3v) is 1.10. The van der Waals surface area contributed by atoms with Gasteiger partial charge in [-0.1, -0.05) is 37.0 Å². The highest BCUT2D eigenvalue weighted by atomic mass is 13.9. The van der Waals surface area contributed by atoms with Crippen molar-refractivity contribution in [3.63, 3.8) is 0 Å². The summed E-state index contributed by atoms with van der Waals surface area (Å²) in [5.74, 6) is 0. The van der Waals surface area contributed by atoms with E-state index >= 15 is 0 Å². The topological polar surface area (TPSA) is 0 Å².